The summed E-state index contributed by atoms with van der Waals surface area (Å²) in [6, 6.07) is -0.475. The second-order valence-electron chi connectivity index (χ2n) is 4.58. The number of likely N-dealkylation sites (tertiary alicyclic amines) is 1. The molecule has 0 radical (unpaired) electrons. The van der Waals surface area contributed by atoms with E-state index in [0.29, 0.717) is 19.4 Å². The molecular formula is C11H17N3O3. The van der Waals surface area contributed by atoms with Crippen LogP contribution in [-0.2, 0) is 14.4 Å². The van der Waals surface area contributed by atoms with Gasteiger partial charge in [0, 0.05) is 6.54 Å². The molecule has 17 heavy (non-hydrogen) atoms. The van der Waals surface area contributed by atoms with Gasteiger partial charge in [0.05, 0.1) is 17.9 Å². The van der Waals surface area contributed by atoms with Crippen LogP contribution in [0.4, 0.5) is 0 Å². The van der Waals surface area contributed by atoms with E-state index in [0.717, 1.165) is 0 Å². The summed E-state index contributed by atoms with van der Waals surface area (Å²) in [5, 5.41) is 2.93. The maximum absolute atomic E-state index is 11.7. The van der Waals surface area contributed by atoms with Gasteiger partial charge in [0.1, 0.15) is 0 Å². The first-order valence-corrected chi connectivity index (χ1v) is 5.94. The molecule has 1 heterocycles. The van der Waals surface area contributed by atoms with Crippen molar-refractivity contribution in [3.8, 4) is 0 Å². The Morgan fingerprint density at radius 2 is 2.06 bits per heavy atom. The van der Waals surface area contributed by atoms with Gasteiger partial charge in [-0.2, -0.15) is 0 Å². The number of imide groups is 1. The fraction of sp³-hybridized carbons (Fsp3) is 0.727. The third kappa shape index (κ3) is 2.17. The van der Waals surface area contributed by atoms with E-state index in [1.54, 1.807) is 0 Å². The van der Waals surface area contributed by atoms with Crippen LogP contribution in [0.5, 0.6) is 0 Å². The number of carbonyl (C=O) groups is 3. The molecule has 3 atom stereocenters. The minimum Gasteiger partial charge on any atom is -0.368 e. The molecule has 0 aromatic rings. The zero-order valence-electron chi connectivity index (χ0n) is 9.81. The molecule has 6 heteroatoms. The van der Waals surface area contributed by atoms with Crippen LogP contribution >= 0.6 is 0 Å². The standard InChI is InChI=1S/C11H17N3O3/c1-2-13-8(9(12)15)3-4-14-10(16)6-5-7(6)11(14)17/h6-8,13H,2-5H2,1H3,(H2,12,15). The molecule has 2 fully saturated rings. The molecule has 1 aliphatic carbocycles. The number of amides is 3. The van der Waals surface area contributed by atoms with Crippen LogP contribution in [-0.4, -0.2) is 41.8 Å². The van der Waals surface area contributed by atoms with E-state index >= 15 is 0 Å². The second kappa shape index (κ2) is 4.44. The highest BCUT2D eigenvalue weighted by atomic mass is 16.2. The van der Waals surface area contributed by atoms with E-state index in [4.69, 9.17) is 5.73 Å². The van der Waals surface area contributed by atoms with E-state index in [2.05, 4.69) is 5.32 Å². The van der Waals surface area contributed by atoms with Crippen LogP contribution in [0, 0.1) is 11.8 Å². The minimum absolute atomic E-state index is 0.0753. The maximum Gasteiger partial charge on any atom is 0.234 e. The third-order valence-corrected chi connectivity index (χ3v) is 3.39. The molecule has 0 aromatic carbocycles. The van der Waals surface area contributed by atoms with Gasteiger partial charge >= 0.3 is 0 Å². The van der Waals surface area contributed by atoms with Gasteiger partial charge in [-0.05, 0) is 19.4 Å². The Balaban J connectivity index is 1.87. The highest BCUT2D eigenvalue weighted by Crippen LogP contribution is 2.46. The lowest BCUT2D eigenvalue weighted by Gasteiger charge is -2.20. The quantitative estimate of drug-likeness (QED) is 0.572. The van der Waals surface area contributed by atoms with Crippen molar-refractivity contribution in [2.45, 2.75) is 25.8 Å². The average molecular weight is 239 g/mol. The summed E-state index contributed by atoms with van der Waals surface area (Å²) in [6.07, 6.45) is 1.10. The second-order valence-corrected chi connectivity index (χ2v) is 4.58. The number of primary amides is 1. The molecule has 1 aliphatic heterocycles. The lowest BCUT2D eigenvalue weighted by molar-refractivity contribution is -0.141. The first kappa shape index (κ1) is 12.0. The van der Waals surface area contributed by atoms with Crippen LogP contribution in [0.25, 0.3) is 0 Å². The molecule has 1 saturated heterocycles. The molecule has 3 unspecified atom stereocenters. The first-order valence-electron chi connectivity index (χ1n) is 5.94. The molecule has 3 N–H and O–H groups in total. The number of rotatable bonds is 6. The molecule has 2 rings (SSSR count). The van der Waals surface area contributed by atoms with Crippen molar-refractivity contribution in [1.82, 2.24) is 10.2 Å². The van der Waals surface area contributed by atoms with Crippen molar-refractivity contribution in [3.05, 3.63) is 0 Å². The normalized spacial score (nSPS) is 28.2. The fourth-order valence-electron chi connectivity index (χ4n) is 2.32. The van der Waals surface area contributed by atoms with Gasteiger partial charge in [-0.1, -0.05) is 6.92 Å². The van der Waals surface area contributed by atoms with Crippen molar-refractivity contribution in [2.75, 3.05) is 13.1 Å². The summed E-state index contributed by atoms with van der Waals surface area (Å²) in [5.74, 6) is -0.766. The average Bonchev–Trinajstić information content (AvgIpc) is 3.02. The van der Waals surface area contributed by atoms with Crippen molar-refractivity contribution in [2.24, 2.45) is 17.6 Å². The maximum atomic E-state index is 11.7. The van der Waals surface area contributed by atoms with Gasteiger partial charge in [-0.25, -0.2) is 0 Å². The SMILES string of the molecule is CCNC(CCN1C(=O)C2CC2C1=O)C(N)=O. The van der Waals surface area contributed by atoms with E-state index in [9.17, 15) is 14.4 Å². The minimum atomic E-state index is -0.475. The molecule has 2 aliphatic rings. The zero-order valence-corrected chi connectivity index (χ0v) is 9.81. The van der Waals surface area contributed by atoms with E-state index in [1.807, 2.05) is 6.92 Å². The number of hydrogen-bond donors (Lipinski definition) is 2. The predicted molar refractivity (Wildman–Crippen MR) is 59.6 cm³/mol. The summed E-state index contributed by atoms with van der Waals surface area (Å²) >= 11 is 0. The molecule has 3 amide bonds. The van der Waals surface area contributed by atoms with Crippen LogP contribution < -0.4 is 11.1 Å². The van der Waals surface area contributed by atoms with Gasteiger partial charge in [0.2, 0.25) is 17.7 Å². The Kier molecular flexibility index (Phi) is 3.15. The van der Waals surface area contributed by atoms with E-state index in [1.165, 1.54) is 4.90 Å². The highest BCUT2D eigenvalue weighted by Gasteiger charge is 2.58. The van der Waals surface area contributed by atoms with Gasteiger partial charge in [0.15, 0.2) is 0 Å². The first-order chi connectivity index (χ1) is 8.06. The molecule has 94 valence electrons. The summed E-state index contributed by atoms with van der Waals surface area (Å²) in [4.78, 5) is 35.7. The lowest BCUT2D eigenvalue weighted by atomic mass is 10.2. The number of piperidine rings is 1. The Morgan fingerprint density at radius 1 is 1.47 bits per heavy atom. The van der Waals surface area contributed by atoms with E-state index in [-0.39, 0.29) is 30.2 Å². The predicted octanol–water partition coefficient (Wildman–Crippen LogP) is -1.16. The number of fused-ring (bicyclic) bond motifs is 1. The van der Waals surface area contributed by atoms with Gasteiger partial charge < -0.3 is 11.1 Å². The summed E-state index contributed by atoms with van der Waals surface area (Å²) < 4.78 is 0. The number of hydrogen-bond acceptors (Lipinski definition) is 4. The number of carbonyl (C=O) groups excluding carboxylic acids is 3. The van der Waals surface area contributed by atoms with Crippen molar-refractivity contribution in [3.63, 3.8) is 0 Å². The third-order valence-electron chi connectivity index (χ3n) is 3.39. The lowest BCUT2D eigenvalue weighted by Crippen LogP contribution is -2.44. The number of nitrogens with zero attached hydrogens (tertiary/aromatic N) is 1. The zero-order chi connectivity index (χ0) is 12.6. The highest BCUT2D eigenvalue weighted by molar-refractivity contribution is 6.08. The van der Waals surface area contributed by atoms with Gasteiger partial charge in [0.25, 0.3) is 0 Å². The Labute approximate surface area is 99.5 Å². The Hall–Kier alpha value is -1.43. The summed E-state index contributed by atoms with van der Waals surface area (Å²) in [5.41, 5.74) is 5.22. The van der Waals surface area contributed by atoms with Crippen LogP contribution in [0.15, 0.2) is 0 Å². The van der Waals surface area contributed by atoms with Crippen molar-refractivity contribution >= 4 is 17.7 Å². The van der Waals surface area contributed by atoms with Crippen LogP contribution in [0.3, 0.4) is 0 Å². The topological polar surface area (TPSA) is 92.5 Å². The van der Waals surface area contributed by atoms with Crippen LogP contribution in [0.1, 0.15) is 19.8 Å². The smallest absolute Gasteiger partial charge is 0.234 e. The molecule has 0 bridgehead atoms. The van der Waals surface area contributed by atoms with Gasteiger partial charge in [-0.15, -0.1) is 0 Å². The van der Waals surface area contributed by atoms with E-state index < -0.39 is 11.9 Å². The van der Waals surface area contributed by atoms with Crippen LogP contribution in [0.2, 0.25) is 0 Å². The molecule has 0 aromatic heterocycles. The largest absolute Gasteiger partial charge is 0.368 e. The monoisotopic (exact) mass is 239 g/mol. The summed E-state index contributed by atoms with van der Waals surface area (Å²) in [6.45, 7) is 2.78. The van der Waals surface area contributed by atoms with Crippen molar-refractivity contribution < 1.29 is 14.4 Å². The Morgan fingerprint density at radius 3 is 2.53 bits per heavy atom. The number of likely N-dealkylation sites (N-methyl/N-ethyl adjacent to an activating group) is 1. The fourth-order valence-corrected chi connectivity index (χ4v) is 2.32. The molecule has 0 spiro atoms. The van der Waals surface area contributed by atoms with Crippen molar-refractivity contribution in [1.29, 1.82) is 0 Å². The number of nitrogens with two attached hydrogens (primary N) is 1. The Bertz CT molecular complexity index is 349. The number of nitrogens with one attached hydrogen (secondary N) is 1. The molecular weight excluding hydrogens is 222 g/mol. The molecule has 6 nitrogen and oxygen atoms in total. The molecule has 1 saturated carbocycles. The van der Waals surface area contributed by atoms with Gasteiger partial charge in [-0.3, -0.25) is 19.3 Å². The summed E-state index contributed by atoms with van der Waals surface area (Å²) in [7, 11) is 0.